The number of aromatic nitrogens is 4. The molecule has 0 unspecified atom stereocenters. The van der Waals surface area contributed by atoms with Crippen LogP contribution in [0.15, 0.2) is 44.3 Å². The van der Waals surface area contributed by atoms with E-state index in [2.05, 4.69) is 40.9 Å². The van der Waals surface area contributed by atoms with Crippen molar-refractivity contribution in [2.75, 3.05) is 0 Å². The smallest absolute Gasteiger partial charge is 0.329 e. The molecule has 0 aliphatic heterocycles. The van der Waals surface area contributed by atoms with E-state index in [1.165, 1.54) is 17.2 Å². The number of rotatable bonds is 2. The van der Waals surface area contributed by atoms with Gasteiger partial charge in [0.05, 0.1) is 0 Å². The summed E-state index contributed by atoms with van der Waals surface area (Å²) in [6.07, 6.45) is 0. The quantitative estimate of drug-likeness (QED) is 0.607. The molecule has 3 heterocycles. The third-order valence-corrected chi connectivity index (χ3v) is 4.26. The van der Waals surface area contributed by atoms with E-state index in [9.17, 15) is 9.59 Å². The van der Waals surface area contributed by atoms with E-state index in [0.29, 0.717) is 17.2 Å². The highest BCUT2D eigenvalue weighted by Crippen LogP contribution is 2.27. The molecule has 4 aromatic rings. The molecule has 3 aromatic heterocycles. The van der Waals surface area contributed by atoms with E-state index in [1.807, 2.05) is 12.1 Å². The molecule has 1 aromatic carbocycles. The molecule has 0 atom stereocenters. The van der Waals surface area contributed by atoms with Crippen molar-refractivity contribution < 1.29 is 4.42 Å². The van der Waals surface area contributed by atoms with Gasteiger partial charge in [-0.2, -0.15) is 4.98 Å². The summed E-state index contributed by atoms with van der Waals surface area (Å²) in [5, 5.41) is 0. The van der Waals surface area contributed by atoms with E-state index in [-0.39, 0.29) is 16.9 Å². The zero-order chi connectivity index (χ0) is 17.7. The molecule has 7 heteroatoms. The van der Waals surface area contributed by atoms with Gasteiger partial charge < -0.3 is 4.42 Å². The van der Waals surface area contributed by atoms with E-state index in [0.717, 1.165) is 5.56 Å². The Kier molecular flexibility index (Phi) is 3.31. The zero-order valence-corrected chi connectivity index (χ0v) is 14.0. The Morgan fingerprint density at radius 2 is 1.84 bits per heavy atom. The van der Waals surface area contributed by atoms with Gasteiger partial charge in [0.1, 0.15) is 11.3 Å². The number of nitrogens with zero attached hydrogens (tertiary/aromatic N) is 3. The molecule has 0 saturated carbocycles. The van der Waals surface area contributed by atoms with Crippen molar-refractivity contribution in [3.8, 4) is 11.3 Å². The molecule has 0 aliphatic carbocycles. The van der Waals surface area contributed by atoms with Crippen molar-refractivity contribution in [2.24, 2.45) is 7.05 Å². The molecule has 4 rings (SSSR count). The lowest BCUT2D eigenvalue weighted by atomic mass is 10.0. The van der Waals surface area contributed by atoms with Gasteiger partial charge >= 0.3 is 5.69 Å². The van der Waals surface area contributed by atoms with Gasteiger partial charge in [-0.1, -0.05) is 38.1 Å². The first kappa shape index (κ1) is 15.3. The van der Waals surface area contributed by atoms with Crippen LogP contribution in [0.4, 0.5) is 0 Å². The first-order valence-electron chi connectivity index (χ1n) is 7.95. The molecular weight excluding hydrogens is 320 g/mol. The zero-order valence-electron chi connectivity index (χ0n) is 14.0. The normalized spacial score (nSPS) is 11.7. The molecule has 0 fully saturated rings. The first-order valence-corrected chi connectivity index (χ1v) is 7.95. The van der Waals surface area contributed by atoms with Crippen LogP contribution < -0.4 is 11.2 Å². The maximum Gasteiger partial charge on any atom is 0.329 e. The van der Waals surface area contributed by atoms with Crippen molar-refractivity contribution in [3.05, 3.63) is 56.7 Å². The number of hydrogen-bond acceptors (Lipinski definition) is 5. The van der Waals surface area contributed by atoms with Crippen LogP contribution in [0.2, 0.25) is 0 Å². The van der Waals surface area contributed by atoms with E-state index >= 15 is 0 Å². The maximum absolute atomic E-state index is 12.0. The van der Waals surface area contributed by atoms with Crippen LogP contribution in [0.5, 0.6) is 0 Å². The second-order valence-corrected chi connectivity index (χ2v) is 6.29. The lowest BCUT2D eigenvalue weighted by molar-refractivity contribution is 0.617. The Morgan fingerprint density at radius 1 is 1.12 bits per heavy atom. The predicted octanol–water partition coefficient (Wildman–Crippen LogP) is 2.55. The van der Waals surface area contributed by atoms with Gasteiger partial charge in [0.15, 0.2) is 11.2 Å². The summed E-state index contributed by atoms with van der Waals surface area (Å²) in [4.78, 5) is 34.5. The van der Waals surface area contributed by atoms with Crippen molar-refractivity contribution in [3.63, 3.8) is 0 Å². The van der Waals surface area contributed by atoms with Gasteiger partial charge in [-0.05, 0) is 11.5 Å². The fourth-order valence-electron chi connectivity index (χ4n) is 2.75. The summed E-state index contributed by atoms with van der Waals surface area (Å²) in [5.41, 5.74) is 2.10. The minimum atomic E-state index is -0.559. The van der Waals surface area contributed by atoms with Gasteiger partial charge in [0.25, 0.3) is 5.56 Å². The van der Waals surface area contributed by atoms with E-state index in [1.54, 1.807) is 6.07 Å². The third-order valence-electron chi connectivity index (χ3n) is 4.26. The molecule has 0 radical (unpaired) electrons. The van der Waals surface area contributed by atoms with Gasteiger partial charge in [-0.25, -0.2) is 9.78 Å². The maximum atomic E-state index is 12.0. The number of hydrogen-bond donors (Lipinski definition) is 1. The third kappa shape index (κ3) is 2.44. The first-order chi connectivity index (χ1) is 11.9. The highest BCUT2D eigenvalue weighted by Gasteiger charge is 2.14. The van der Waals surface area contributed by atoms with Crippen LogP contribution >= 0.6 is 0 Å². The van der Waals surface area contributed by atoms with Gasteiger partial charge in [-0.15, -0.1) is 0 Å². The average molecular weight is 336 g/mol. The summed E-state index contributed by atoms with van der Waals surface area (Å²) in [6, 6.07) is 9.82. The van der Waals surface area contributed by atoms with Crippen LogP contribution in [-0.2, 0) is 7.05 Å². The summed E-state index contributed by atoms with van der Waals surface area (Å²) in [5.74, 6) is 1.06. The predicted molar refractivity (Wildman–Crippen MR) is 94.7 cm³/mol. The van der Waals surface area contributed by atoms with Crippen LogP contribution in [0, 0.1) is 0 Å². The lowest BCUT2D eigenvalue weighted by Gasteiger charge is -2.05. The number of aromatic amines is 1. The Hall–Kier alpha value is -3.22. The Labute approximate surface area is 142 Å². The highest BCUT2D eigenvalue weighted by molar-refractivity contribution is 5.84. The molecule has 0 bridgehead atoms. The SMILES string of the molecule is CC(C)c1ccc(-c2cc3nc4c(=O)[nH]c(=O)n(C)c4nc3o2)cc1. The number of benzene rings is 1. The summed E-state index contributed by atoms with van der Waals surface area (Å²) >= 11 is 0. The van der Waals surface area contributed by atoms with Gasteiger partial charge in [0.2, 0.25) is 5.71 Å². The molecule has 0 amide bonds. The number of nitrogens with one attached hydrogen (secondary N) is 1. The molecule has 0 saturated heterocycles. The molecule has 0 aliphatic rings. The molecule has 7 nitrogen and oxygen atoms in total. The van der Waals surface area contributed by atoms with E-state index in [4.69, 9.17) is 4.42 Å². The molecular formula is C18H16N4O3. The Bertz CT molecular complexity index is 1210. The van der Waals surface area contributed by atoms with Gasteiger partial charge in [-0.3, -0.25) is 14.3 Å². The van der Waals surface area contributed by atoms with E-state index < -0.39 is 11.2 Å². The number of aryl methyl sites for hydroxylation is 1. The monoisotopic (exact) mass is 336 g/mol. The van der Waals surface area contributed by atoms with Crippen molar-refractivity contribution in [1.82, 2.24) is 19.5 Å². The minimum absolute atomic E-state index is 0.108. The minimum Gasteiger partial charge on any atom is -0.436 e. The summed E-state index contributed by atoms with van der Waals surface area (Å²) in [7, 11) is 1.52. The van der Waals surface area contributed by atoms with Crippen LogP contribution in [0.3, 0.4) is 0 Å². The fraction of sp³-hybridized carbons (Fsp3) is 0.222. The van der Waals surface area contributed by atoms with Gasteiger partial charge in [0, 0.05) is 18.7 Å². The van der Waals surface area contributed by atoms with Crippen LogP contribution in [-0.4, -0.2) is 19.5 Å². The Morgan fingerprint density at radius 3 is 2.52 bits per heavy atom. The van der Waals surface area contributed by atoms with Crippen molar-refractivity contribution in [2.45, 2.75) is 19.8 Å². The highest BCUT2D eigenvalue weighted by atomic mass is 16.3. The van der Waals surface area contributed by atoms with Crippen molar-refractivity contribution >= 4 is 22.4 Å². The standard InChI is InChI=1S/C18H16N4O3/c1-9(2)10-4-6-11(7-5-10)13-8-12-17(25-13)20-15-14(19-12)16(23)21-18(24)22(15)3/h4-9H,1-3H3,(H,21,23,24). The number of furan rings is 1. The molecule has 0 spiro atoms. The number of H-pyrrole nitrogens is 1. The summed E-state index contributed by atoms with van der Waals surface area (Å²) < 4.78 is 7.03. The molecule has 126 valence electrons. The van der Waals surface area contributed by atoms with Crippen LogP contribution in [0.1, 0.15) is 25.3 Å². The fourth-order valence-corrected chi connectivity index (χ4v) is 2.75. The van der Waals surface area contributed by atoms with Crippen molar-refractivity contribution in [1.29, 1.82) is 0 Å². The second-order valence-electron chi connectivity index (χ2n) is 6.29. The van der Waals surface area contributed by atoms with Crippen LogP contribution in [0.25, 0.3) is 33.7 Å². The molecule has 1 N–H and O–H groups in total. The average Bonchev–Trinajstić information content (AvgIpc) is 3.01. The second kappa shape index (κ2) is 5.41. The lowest BCUT2D eigenvalue weighted by Crippen LogP contribution is -2.29. The topological polar surface area (TPSA) is 93.8 Å². The summed E-state index contributed by atoms with van der Waals surface area (Å²) in [6.45, 7) is 4.27. The molecule has 25 heavy (non-hydrogen) atoms. The number of fused-ring (bicyclic) bond motifs is 2. The Balaban J connectivity index is 1.92. The largest absolute Gasteiger partial charge is 0.436 e.